The Balaban J connectivity index is 2.73. The highest BCUT2D eigenvalue weighted by Crippen LogP contribution is 2.39. The number of likely N-dealkylation sites (tertiary alicyclic amines) is 1. The van der Waals surface area contributed by atoms with Gasteiger partial charge in [0.2, 0.25) is 0 Å². The molecule has 7 heteroatoms. The standard InChI is InChI=1S/C18H36N2O2S3/c1-17(2,3)24-13-20-10-14(8-15(20)16(21)22-7)9-18(4,11-23)25-12-19(5)6/h14-15,23H,8-13H2,1-7H3. The van der Waals surface area contributed by atoms with Crippen LogP contribution in [0.5, 0.6) is 0 Å². The lowest BCUT2D eigenvalue weighted by molar-refractivity contribution is -0.145. The molecule has 0 radical (unpaired) electrons. The predicted octanol–water partition coefficient (Wildman–Crippen LogP) is 3.67. The van der Waals surface area contributed by atoms with Gasteiger partial charge in [0.25, 0.3) is 0 Å². The molecular formula is C18H36N2O2S3. The molecule has 1 saturated heterocycles. The van der Waals surface area contributed by atoms with E-state index in [2.05, 4.69) is 64.2 Å². The molecule has 25 heavy (non-hydrogen) atoms. The molecule has 0 spiro atoms. The van der Waals surface area contributed by atoms with Crippen LogP contribution in [0.1, 0.15) is 40.5 Å². The van der Waals surface area contributed by atoms with Crippen LogP contribution in [-0.2, 0) is 9.53 Å². The summed E-state index contributed by atoms with van der Waals surface area (Å²) in [6.45, 7) is 9.92. The lowest BCUT2D eigenvalue weighted by Gasteiger charge is -2.31. The molecule has 0 aromatic heterocycles. The van der Waals surface area contributed by atoms with Gasteiger partial charge in [0.05, 0.1) is 7.11 Å². The van der Waals surface area contributed by atoms with Gasteiger partial charge in [-0.3, -0.25) is 9.69 Å². The monoisotopic (exact) mass is 408 g/mol. The van der Waals surface area contributed by atoms with Gasteiger partial charge in [-0.15, -0.1) is 23.5 Å². The summed E-state index contributed by atoms with van der Waals surface area (Å²) in [6.07, 6.45) is 1.97. The molecule has 1 fully saturated rings. The summed E-state index contributed by atoms with van der Waals surface area (Å²) in [6, 6.07) is -0.104. The third-order valence-corrected chi connectivity index (χ3v) is 8.24. The number of methoxy groups -OCH3 is 1. The zero-order valence-electron chi connectivity index (χ0n) is 16.9. The minimum atomic E-state index is -0.104. The van der Waals surface area contributed by atoms with E-state index >= 15 is 0 Å². The summed E-state index contributed by atoms with van der Waals surface area (Å²) < 4.78 is 5.39. The van der Waals surface area contributed by atoms with Gasteiger partial charge >= 0.3 is 5.97 Å². The first-order valence-corrected chi connectivity index (χ1v) is 11.5. The zero-order valence-corrected chi connectivity index (χ0v) is 19.4. The van der Waals surface area contributed by atoms with Crippen LogP contribution in [-0.4, -0.2) is 76.6 Å². The van der Waals surface area contributed by atoms with Gasteiger partial charge in [0, 0.05) is 33.5 Å². The van der Waals surface area contributed by atoms with E-state index in [1.807, 2.05) is 23.5 Å². The van der Waals surface area contributed by atoms with Gasteiger partial charge in [0.1, 0.15) is 6.04 Å². The molecule has 3 unspecified atom stereocenters. The maximum absolute atomic E-state index is 12.2. The highest BCUT2D eigenvalue weighted by molar-refractivity contribution is 8.01. The molecule has 4 nitrogen and oxygen atoms in total. The topological polar surface area (TPSA) is 32.8 Å². The molecular weight excluding hydrogens is 372 g/mol. The Kier molecular flexibility index (Phi) is 9.50. The number of esters is 1. The van der Waals surface area contributed by atoms with E-state index < -0.39 is 0 Å². The third kappa shape index (κ3) is 8.33. The van der Waals surface area contributed by atoms with Gasteiger partial charge in [-0.1, -0.05) is 20.8 Å². The number of nitrogens with zero attached hydrogens (tertiary/aromatic N) is 2. The Morgan fingerprint density at radius 1 is 1.28 bits per heavy atom. The van der Waals surface area contributed by atoms with Crippen molar-refractivity contribution in [2.75, 3.05) is 45.3 Å². The van der Waals surface area contributed by atoms with Gasteiger partial charge in [0.15, 0.2) is 0 Å². The number of thiol groups is 1. The summed E-state index contributed by atoms with van der Waals surface area (Å²) in [5.41, 5.74) is 0. The Hall–Kier alpha value is 0.440. The van der Waals surface area contributed by atoms with Crippen molar-refractivity contribution in [2.45, 2.75) is 56.1 Å². The van der Waals surface area contributed by atoms with Crippen molar-refractivity contribution in [3.8, 4) is 0 Å². The van der Waals surface area contributed by atoms with Crippen molar-refractivity contribution < 1.29 is 9.53 Å². The molecule has 0 amide bonds. The molecule has 0 aliphatic carbocycles. The van der Waals surface area contributed by atoms with Crippen LogP contribution in [0.25, 0.3) is 0 Å². The maximum atomic E-state index is 12.2. The molecule has 1 rings (SSSR count). The first-order valence-electron chi connectivity index (χ1n) is 8.85. The minimum Gasteiger partial charge on any atom is -0.468 e. The summed E-state index contributed by atoms with van der Waals surface area (Å²) in [5.74, 6) is 3.14. The van der Waals surface area contributed by atoms with Crippen molar-refractivity contribution in [1.29, 1.82) is 0 Å². The number of carbonyl (C=O) groups excluding carboxylic acids is 1. The van der Waals surface area contributed by atoms with Gasteiger partial charge in [-0.2, -0.15) is 12.6 Å². The molecule has 0 N–H and O–H groups in total. The Labute approximate surface area is 168 Å². The fourth-order valence-electron chi connectivity index (χ4n) is 3.01. The van der Waals surface area contributed by atoms with Crippen molar-refractivity contribution >= 4 is 42.1 Å². The average molecular weight is 409 g/mol. The second-order valence-electron chi connectivity index (χ2n) is 8.46. The molecule has 1 aliphatic heterocycles. The fourth-order valence-corrected chi connectivity index (χ4v) is 5.27. The number of thioether (sulfide) groups is 2. The molecule has 0 aromatic rings. The molecule has 0 aromatic carbocycles. The van der Waals surface area contributed by atoms with Crippen molar-refractivity contribution in [2.24, 2.45) is 5.92 Å². The molecule has 3 atom stereocenters. The Bertz CT molecular complexity index is 429. The molecule has 0 bridgehead atoms. The summed E-state index contributed by atoms with van der Waals surface area (Å²) >= 11 is 8.47. The number of rotatable bonds is 9. The predicted molar refractivity (Wildman–Crippen MR) is 116 cm³/mol. The second-order valence-corrected chi connectivity index (χ2v) is 12.1. The van der Waals surface area contributed by atoms with E-state index in [1.54, 1.807) is 0 Å². The Morgan fingerprint density at radius 2 is 1.92 bits per heavy atom. The van der Waals surface area contributed by atoms with E-state index in [-0.39, 0.29) is 21.5 Å². The lowest BCUT2D eigenvalue weighted by Crippen LogP contribution is -2.37. The molecule has 148 valence electrons. The van der Waals surface area contributed by atoms with Crippen LogP contribution in [0.15, 0.2) is 0 Å². The number of hydrogen-bond acceptors (Lipinski definition) is 7. The van der Waals surface area contributed by atoms with Gasteiger partial charge in [-0.25, -0.2) is 0 Å². The van der Waals surface area contributed by atoms with E-state index in [0.29, 0.717) is 5.92 Å². The molecule has 0 saturated carbocycles. The first-order chi connectivity index (χ1) is 11.5. The van der Waals surface area contributed by atoms with Crippen molar-refractivity contribution in [3.05, 3.63) is 0 Å². The largest absolute Gasteiger partial charge is 0.468 e. The lowest BCUT2D eigenvalue weighted by atomic mass is 9.94. The summed E-state index contributed by atoms with van der Waals surface area (Å²) in [7, 11) is 5.69. The van der Waals surface area contributed by atoms with E-state index in [4.69, 9.17) is 4.74 Å². The first kappa shape index (κ1) is 23.5. The molecule has 1 heterocycles. The number of hydrogen-bond donors (Lipinski definition) is 1. The summed E-state index contributed by atoms with van der Waals surface area (Å²) in [5, 5.41) is 0. The minimum absolute atomic E-state index is 0.0921. The van der Waals surface area contributed by atoms with Crippen LogP contribution in [0.4, 0.5) is 0 Å². The maximum Gasteiger partial charge on any atom is 0.323 e. The number of ether oxygens (including phenoxy) is 1. The van der Waals surface area contributed by atoms with Crippen molar-refractivity contribution in [3.63, 3.8) is 0 Å². The second kappa shape index (κ2) is 10.1. The van der Waals surface area contributed by atoms with Crippen LogP contribution >= 0.6 is 36.2 Å². The quantitative estimate of drug-likeness (QED) is 0.356. The highest BCUT2D eigenvalue weighted by Gasteiger charge is 2.40. The van der Waals surface area contributed by atoms with Gasteiger partial charge < -0.3 is 9.64 Å². The smallest absolute Gasteiger partial charge is 0.323 e. The SMILES string of the molecule is COC(=O)C1CC(CC(C)(CS)SCN(C)C)CN1CSC(C)(C)C. The van der Waals surface area contributed by atoms with Crippen LogP contribution in [0, 0.1) is 5.92 Å². The molecule has 1 aliphatic rings. The van der Waals surface area contributed by atoms with Crippen LogP contribution < -0.4 is 0 Å². The number of carbonyl (C=O) groups is 1. The van der Waals surface area contributed by atoms with E-state index in [9.17, 15) is 4.79 Å². The van der Waals surface area contributed by atoms with E-state index in [0.717, 1.165) is 36.9 Å². The average Bonchev–Trinajstić information content (AvgIpc) is 2.92. The van der Waals surface area contributed by atoms with Crippen LogP contribution in [0.2, 0.25) is 0 Å². The Morgan fingerprint density at radius 3 is 2.40 bits per heavy atom. The fraction of sp³-hybridized carbons (Fsp3) is 0.944. The van der Waals surface area contributed by atoms with Crippen molar-refractivity contribution in [1.82, 2.24) is 9.80 Å². The zero-order chi connectivity index (χ0) is 19.3. The summed E-state index contributed by atoms with van der Waals surface area (Å²) in [4.78, 5) is 16.8. The normalized spacial score (nSPS) is 24.5. The third-order valence-electron chi connectivity index (χ3n) is 4.35. The van der Waals surface area contributed by atoms with Gasteiger partial charge in [-0.05, 0) is 39.8 Å². The van der Waals surface area contributed by atoms with E-state index in [1.165, 1.54) is 7.11 Å². The highest BCUT2D eigenvalue weighted by atomic mass is 32.2. The van der Waals surface area contributed by atoms with Crippen LogP contribution in [0.3, 0.4) is 0 Å².